The van der Waals surface area contributed by atoms with E-state index in [0.29, 0.717) is 13.2 Å². The summed E-state index contributed by atoms with van der Waals surface area (Å²) in [5.74, 6) is 0.777. The molecule has 0 spiro atoms. The van der Waals surface area contributed by atoms with Gasteiger partial charge in [-0.2, -0.15) is 0 Å². The standard InChI is InChI=1S/C20H25N3O2S2.ClH/c1-4-22(5-2)12-13-23(19(24)17-11-8-14-26-17)20-21-18-15(25-6-3)9-7-10-16(18)27-20;/h7-11,14H,4-6,12-13H2,1-3H3;1H. The van der Waals surface area contributed by atoms with Gasteiger partial charge in [0.1, 0.15) is 11.3 Å². The zero-order valence-electron chi connectivity index (χ0n) is 16.4. The number of amides is 1. The second-order valence-electron chi connectivity index (χ2n) is 5.99. The van der Waals surface area contributed by atoms with Crippen molar-refractivity contribution in [1.82, 2.24) is 9.88 Å². The minimum Gasteiger partial charge on any atom is -0.492 e. The van der Waals surface area contributed by atoms with Gasteiger partial charge in [0.15, 0.2) is 5.13 Å². The first kappa shape index (κ1) is 22.6. The summed E-state index contributed by atoms with van der Waals surface area (Å²) in [6.07, 6.45) is 0. The van der Waals surface area contributed by atoms with Crippen LogP contribution in [0.3, 0.4) is 0 Å². The summed E-state index contributed by atoms with van der Waals surface area (Å²) < 4.78 is 6.74. The van der Waals surface area contributed by atoms with Gasteiger partial charge in [-0.15, -0.1) is 23.7 Å². The van der Waals surface area contributed by atoms with E-state index < -0.39 is 0 Å². The van der Waals surface area contributed by atoms with Crippen LogP contribution in [0.2, 0.25) is 0 Å². The third-order valence-corrected chi connectivity index (χ3v) is 6.31. The van der Waals surface area contributed by atoms with Crippen molar-refractivity contribution in [3.8, 4) is 5.75 Å². The predicted molar refractivity (Wildman–Crippen MR) is 122 cm³/mol. The van der Waals surface area contributed by atoms with Crippen LogP contribution in [0.25, 0.3) is 10.2 Å². The Morgan fingerprint density at radius 1 is 1.11 bits per heavy atom. The summed E-state index contributed by atoms with van der Waals surface area (Å²) >= 11 is 3.00. The lowest BCUT2D eigenvalue weighted by Gasteiger charge is -2.24. The summed E-state index contributed by atoms with van der Waals surface area (Å²) in [5, 5.41) is 2.66. The molecular weight excluding hydrogens is 414 g/mol. The third kappa shape index (κ3) is 5.03. The highest BCUT2D eigenvalue weighted by atomic mass is 35.5. The van der Waals surface area contributed by atoms with E-state index in [-0.39, 0.29) is 18.3 Å². The molecule has 28 heavy (non-hydrogen) atoms. The van der Waals surface area contributed by atoms with E-state index in [2.05, 4.69) is 18.7 Å². The summed E-state index contributed by atoms with van der Waals surface area (Å²) in [6, 6.07) is 9.70. The Morgan fingerprint density at radius 2 is 1.89 bits per heavy atom. The number of carbonyl (C=O) groups excluding carboxylic acids is 1. The third-order valence-electron chi connectivity index (χ3n) is 4.41. The first-order valence-corrected chi connectivity index (χ1v) is 11.0. The van der Waals surface area contributed by atoms with E-state index in [1.165, 1.54) is 22.7 Å². The van der Waals surface area contributed by atoms with Gasteiger partial charge in [-0.05, 0) is 43.6 Å². The molecule has 0 N–H and O–H groups in total. The molecule has 2 heterocycles. The highest BCUT2D eigenvalue weighted by Crippen LogP contribution is 2.35. The lowest BCUT2D eigenvalue weighted by atomic mass is 10.3. The molecule has 0 saturated heterocycles. The molecular formula is C20H26ClN3O2S2. The Labute approximate surface area is 180 Å². The van der Waals surface area contributed by atoms with Crippen LogP contribution in [0.5, 0.6) is 5.75 Å². The number of hydrogen-bond acceptors (Lipinski definition) is 6. The average Bonchev–Trinajstić information content (AvgIpc) is 3.35. The van der Waals surface area contributed by atoms with Crippen molar-refractivity contribution in [2.24, 2.45) is 0 Å². The van der Waals surface area contributed by atoms with Crippen LogP contribution in [-0.2, 0) is 0 Å². The molecule has 3 aromatic rings. The first-order chi connectivity index (χ1) is 13.2. The van der Waals surface area contributed by atoms with E-state index in [1.807, 2.05) is 47.5 Å². The van der Waals surface area contributed by atoms with Gasteiger partial charge >= 0.3 is 0 Å². The minimum absolute atomic E-state index is 0. The molecule has 2 aromatic heterocycles. The summed E-state index contributed by atoms with van der Waals surface area (Å²) in [6.45, 7) is 10.2. The van der Waals surface area contributed by atoms with Crippen LogP contribution in [0.15, 0.2) is 35.7 Å². The topological polar surface area (TPSA) is 45.7 Å². The van der Waals surface area contributed by atoms with Crippen LogP contribution in [-0.4, -0.2) is 48.6 Å². The van der Waals surface area contributed by atoms with Gasteiger partial charge in [0.05, 0.1) is 16.2 Å². The molecule has 3 rings (SSSR count). The van der Waals surface area contributed by atoms with Crippen LogP contribution in [0, 0.1) is 0 Å². The molecule has 0 unspecified atom stereocenters. The first-order valence-electron chi connectivity index (χ1n) is 9.28. The Balaban J connectivity index is 0.00000280. The van der Waals surface area contributed by atoms with Crippen molar-refractivity contribution in [3.63, 3.8) is 0 Å². The molecule has 8 heteroatoms. The number of thiazole rings is 1. The SMILES string of the molecule is CCOc1cccc2sc(N(CCN(CC)CC)C(=O)c3cccs3)nc12.Cl. The molecule has 152 valence electrons. The maximum atomic E-state index is 13.1. The number of carbonyl (C=O) groups is 1. The highest BCUT2D eigenvalue weighted by molar-refractivity contribution is 7.22. The molecule has 5 nitrogen and oxygen atoms in total. The number of thiophene rings is 1. The summed E-state index contributed by atoms with van der Waals surface area (Å²) in [5.41, 5.74) is 0.825. The zero-order valence-corrected chi connectivity index (χ0v) is 18.8. The maximum Gasteiger partial charge on any atom is 0.270 e. The smallest absolute Gasteiger partial charge is 0.270 e. The monoisotopic (exact) mass is 439 g/mol. The number of hydrogen-bond donors (Lipinski definition) is 0. The van der Waals surface area contributed by atoms with Crippen molar-refractivity contribution < 1.29 is 9.53 Å². The van der Waals surface area contributed by atoms with Gasteiger partial charge in [-0.25, -0.2) is 4.98 Å². The van der Waals surface area contributed by atoms with Crippen molar-refractivity contribution in [3.05, 3.63) is 40.6 Å². The fourth-order valence-electron chi connectivity index (χ4n) is 2.90. The second-order valence-corrected chi connectivity index (χ2v) is 7.95. The van der Waals surface area contributed by atoms with E-state index in [1.54, 1.807) is 0 Å². The minimum atomic E-state index is 0. The Bertz CT molecular complexity index is 879. The quantitative estimate of drug-likeness (QED) is 0.461. The summed E-state index contributed by atoms with van der Waals surface area (Å²) in [7, 11) is 0. The number of benzene rings is 1. The fraction of sp³-hybridized carbons (Fsp3) is 0.400. The predicted octanol–water partition coefficient (Wildman–Crippen LogP) is 5.17. The molecule has 0 aliphatic carbocycles. The van der Waals surface area contributed by atoms with Gasteiger partial charge < -0.3 is 9.64 Å². The average molecular weight is 440 g/mol. The van der Waals surface area contributed by atoms with Crippen LogP contribution in [0.1, 0.15) is 30.4 Å². The van der Waals surface area contributed by atoms with E-state index in [0.717, 1.165) is 45.6 Å². The van der Waals surface area contributed by atoms with Crippen molar-refractivity contribution in [2.75, 3.05) is 37.7 Å². The number of fused-ring (bicyclic) bond motifs is 1. The van der Waals surface area contributed by atoms with Crippen LogP contribution < -0.4 is 9.64 Å². The van der Waals surface area contributed by atoms with Gasteiger partial charge in [0, 0.05) is 13.1 Å². The molecule has 0 fully saturated rings. The van der Waals surface area contributed by atoms with Crippen molar-refractivity contribution in [1.29, 1.82) is 0 Å². The number of para-hydroxylation sites is 1. The van der Waals surface area contributed by atoms with Crippen molar-refractivity contribution in [2.45, 2.75) is 20.8 Å². The van der Waals surface area contributed by atoms with Crippen LogP contribution >= 0.6 is 35.1 Å². The number of halogens is 1. The zero-order chi connectivity index (χ0) is 19.2. The molecule has 1 amide bonds. The fourth-order valence-corrected chi connectivity index (χ4v) is 4.58. The number of nitrogens with zero attached hydrogens (tertiary/aromatic N) is 3. The number of aromatic nitrogens is 1. The normalized spacial score (nSPS) is 10.9. The highest BCUT2D eigenvalue weighted by Gasteiger charge is 2.23. The van der Waals surface area contributed by atoms with E-state index >= 15 is 0 Å². The Kier molecular flexibility index (Phi) is 8.69. The number of anilines is 1. The van der Waals surface area contributed by atoms with Gasteiger partial charge in [0.2, 0.25) is 0 Å². The van der Waals surface area contributed by atoms with Gasteiger partial charge in [-0.1, -0.05) is 37.3 Å². The molecule has 0 atom stereocenters. The lowest BCUT2D eigenvalue weighted by molar-refractivity contribution is 0.0987. The molecule has 1 aromatic carbocycles. The molecule has 0 bridgehead atoms. The van der Waals surface area contributed by atoms with Gasteiger partial charge in [0.25, 0.3) is 5.91 Å². The lowest BCUT2D eigenvalue weighted by Crippen LogP contribution is -2.38. The van der Waals surface area contributed by atoms with E-state index in [4.69, 9.17) is 9.72 Å². The molecule has 0 radical (unpaired) electrons. The largest absolute Gasteiger partial charge is 0.492 e. The van der Waals surface area contributed by atoms with Gasteiger partial charge in [-0.3, -0.25) is 9.69 Å². The molecule has 0 aliphatic heterocycles. The molecule has 0 saturated carbocycles. The Morgan fingerprint density at radius 3 is 2.54 bits per heavy atom. The second kappa shape index (κ2) is 10.8. The van der Waals surface area contributed by atoms with Crippen LogP contribution in [0.4, 0.5) is 5.13 Å². The Hall–Kier alpha value is -1.67. The maximum absolute atomic E-state index is 13.1. The number of ether oxygens (including phenoxy) is 1. The van der Waals surface area contributed by atoms with Crippen molar-refractivity contribution >= 4 is 56.3 Å². The summed E-state index contributed by atoms with van der Waals surface area (Å²) in [4.78, 5) is 22.8. The molecule has 0 aliphatic rings. The number of rotatable bonds is 9. The number of likely N-dealkylation sites (N-methyl/N-ethyl adjacent to an activating group) is 1. The van der Waals surface area contributed by atoms with E-state index in [9.17, 15) is 4.79 Å².